The summed E-state index contributed by atoms with van der Waals surface area (Å²) >= 11 is 0. The first-order chi connectivity index (χ1) is 15.6. The molecule has 0 aromatic heterocycles. The normalized spacial score (nSPS) is 18.5. The number of hydrogen-bond donors (Lipinski definition) is 1. The number of anilines is 1. The quantitative estimate of drug-likeness (QED) is 0.155. The highest BCUT2D eigenvalue weighted by Crippen LogP contribution is 2.42. The highest BCUT2D eigenvalue weighted by molar-refractivity contribution is 6.18. The molecule has 1 saturated heterocycles. The van der Waals surface area contributed by atoms with Crippen LogP contribution in [-0.4, -0.2) is 30.8 Å². The number of allylic oxidation sites excluding steroid dienone is 1. The van der Waals surface area contributed by atoms with E-state index in [0.717, 1.165) is 29.8 Å². The Morgan fingerprint density at radius 2 is 1.81 bits per heavy atom. The molecule has 0 aliphatic carbocycles. The van der Waals surface area contributed by atoms with Crippen LogP contribution in [0.3, 0.4) is 0 Å². The highest BCUT2D eigenvalue weighted by atomic mass is 16.6. The van der Waals surface area contributed by atoms with Gasteiger partial charge in [0.25, 0.3) is 5.91 Å². The van der Waals surface area contributed by atoms with E-state index in [4.69, 9.17) is 4.84 Å². The molecule has 0 saturated carbocycles. The van der Waals surface area contributed by atoms with Gasteiger partial charge in [-0.25, -0.2) is 0 Å². The summed E-state index contributed by atoms with van der Waals surface area (Å²) in [7, 11) is 0. The van der Waals surface area contributed by atoms with Gasteiger partial charge in [-0.3, -0.25) is 9.69 Å². The SMILES string of the molecule is CCCCC(C)NCCCO/N=C(C)/C=C1/C(=O)N(c2ccccc2)C1c1ccccc1. The number of benzene rings is 2. The van der Waals surface area contributed by atoms with Gasteiger partial charge in [0.1, 0.15) is 6.61 Å². The molecule has 3 rings (SSSR count). The highest BCUT2D eigenvalue weighted by Gasteiger charge is 2.43. The van der Waals surface area contributed by atoms with E-state index in [-0.39, 0.29) is 11.9 Å². The van der Waals surface area contributed by atoms with E-state index in [1.165, 1.54) is 19.3 Å². The Bertz CT molecular complexity index is 909. The summed E-state index contributed by atoms with van der Waals surface area (Å²) < 4.78 is 0. The van der Waals surface area contributed by atoms with Gasteiger partial charge >= 0.3 is 0 Å². The van der Waals surface area contributed by atoms with Gasteiger partial charge in [-0.05, 0) is 57.0 Å². The summed E-state index contributed by atoms with van der Waals surface area (Å²) in [6, 6.07) is 20.3. The maximum atomic E-state index is 13.0. The molecule has 0 radical (unpaired) electrons. The van der Waals surface area contributed by atoms with E-state index in [9.17, 15) is 4.79 Å². The van der Waals surface area contributed by atoms with Crippen LogP contribution >= 0.6 is 0 Å². The van der Waals surface area contributed by atoms with Gasteiger partial charge in [0.15, 0.2) is 0 Å². The molecule has 0 bridgehead atoms. The van der Waals surface area contributed by atoms with Gasteiger partial charge in [0, 0.05) is 17.3 Å². The molecule has 5 heteroatoms. The van der Waals surface area contributed by atoms with Crippen LogP contribution in [0, 0.1) is 0 Å². The molecule has 0 spiro atoms. The lowest BCUT2D eigenvalue weighted by atomic mass is 9.86. The average molecular weight is 434 g/mol. The van der Waals surface area contributed by atoms with E-state index >= 15 is 0 Å². The molecule has 1 aliphatic rings. The van der Waals surface area contributed by atoms with Crippen molar-refractivity contribution in [2.45, 2.75) is 58.5 Å². The molecule has 5 nitrogen and oxygen atoms in total. The first-order valence-corrected chi connectivity index (χ1v) is 11.7. The van der Waals surface area contributed by atoms with Crippen molar-refractivity contribution in [1.82, 2.24) is 5.32 Å². The smallest absolute Gasteiger partial charge is 0.257 e. The number of oxime groups is 1. The third-order valence-corrected chi connectivity index (χ3v) is 5.64. The number of hydrogen-bond acceptors (Lipinski definition) is 4. The van der Waals surface area contributed by atoms with Crippen LogP contribution in [0.4, 0.5) is 5.69 Å². The fourth-order valence-corrected chi connectivity index (χ4v) is 3.90. The molecule has 32 heavy (non-hydrogen) atoms. The topological polar surface area (TPSA) is 53.9 Å². The number of para-hydroxylation sites is 1. The van der Waals surface area contributed by atoms with Crippen LogP contribution in [0.2, 0.25) is 0 Å². The zero-order valence-electron chi connectivity index (χ0n) is 19.5. The molecule has 1 fully saturated rings. The Morgan fingerprint density at radius 3 is 2.50 bits per heavy atom. The summed E-state index contributed by atoms with van der Waals surface area (Å²) in [5.41, 5.74) is 3.41. The van der Waals surface area contributed by atoms with Crippen molar-refractivity contribution in [3.63, 3.8) is 0 Å². The Morgan fingerprint density at radius 1 is 1.12 bits per heavy atom. The maximum Gasteiger partial charge on any atom is 0.257 e. The first-order valence-electron chi connectivity index (χ1n) is 11.7. The Labute approximate surface area is 192 Å². The predicted octanol–water partition coefficient (Wildman–Crippen LogP) is 5.65. The van der Waals surface area contributed by atoms with E-state index in [1.54, 1.807) is 0 Å². The van der Waals surface area contributed by atoms with E-state index in [1.807, 2.05) is 66.4 Å². The van der Waals surface area contributed by atoms with E-state index in [2.05, 4.69) is 36.5 Å². The van der Waals surface area contributed by atoms with Crippen LogP contribution in [0.5, 0.6) is 0 Å². The molecule has 2 aromatic rings. The second-order valence-corrected chi connectivity index (χ2v) is 8.34. The lowest BCUT2D eigenvalue weighted by molar-refractivity contribution is -0.119. The molecule has 2 unspecified atom stereocenters. The number of rotatable bonds is 12. The van der Waals surface area contributed by atoms with E-state index in [0.29, 0.717) is 18.4 Å². The minimum Gasteiger partial charge on any atom is -0.396 e. The van der Waals surface area contributed by atoms with Crippen LogP contribution in [0.15, 0.2) is 77.5 Å². The number of carbonyl (C=O) groups excluding carboxylic acids is 1. The van der Waals surface area contributed by atoms with Crippen molar-refractivity contribution in [2.75, 3.05) is 18.1 Å². The number of unbranched alkanes of at least 4 members (excludes halogenated alkanes) is 1. The van der Waals surface area contributed by atoms with Crippen LogP contribution in [0.1, 0.15) is 58.1 Å². The number of β-lactam (4-membered cyclic amide) rings is 1. The number of amides is 1. The van der Waals surface area contributed by atoms with Crippen LogP contribution in [0.25, 0.3) is 0 Å². The Hall–Kier alpha value is -2.92. The van der Waals surface area contributed by atoms with Gasteiger partial charge in [-0.15, -0.1) is 0 Å². The second-order valence-electron chi connectivity index (χ2n) is 8.34. The van der Waals surface area contributed by atoms with E-state index < -0.39 is 0 Å². The zero-order chi connectivity index (χ0) is 22.8. The van der Waals surface area contributed by atoms with Gasteiger partial charge < -0.3 is 10.2 Å². The Balaban J connectivity index is 1.59. The fraction of sp³-hybridized carbons (Fsp3) is 0.407. The number of carbonyl (C=O) groups is 1. The van der Waals surface area contributed by atoms with Crippen molar-refractivity contribution < 1.29 is 9.63 Å². The monoisotopic (exact) mass is 433 g/mol. The summed E-state index contributed by atoms with van der Waals surface area (Å²) in [5, 5.41) is 7.73. The average Bonchev–Trinajstić information content (AvgIpc) is 2.82. The van der Waals surface area contributed by atoms with Crippen LogP contribution in [-0.2, 0) is 9.63 Å². The third kappa shape index (κ3) is 6.30. The molecule has 1 aliphatic heterocycles. The van der Waals surface area contributed by atoms with Gasteiger partial charge in [0.05, 0.1) is 11.8 Å². The lowest BCUT2D eigenvalue weighted by Gasteiger charge is -2.43. The molecule has 1 amide bonds. The summed E-state index contributed by atoms with van der Waals surface area (Å²) in [6.07, 6.45) is 6.45. The van der Waals surface area contributed by atoms with Crippen molar-refractivity contribution in [3.8, 4) is 0 Å². The number of nitrogens with zero attached hydrogens (tertiary/aromatic N) is 2. The molecule has 2 aromatic carbocycles. The van der Waals surface area contributed by atoms with Crippen molar-refractivity contribution in [3.05, 3.63) is 77.9 Å². The predicted molar refractivity (Wildman–Crippen MR) is 132 cm³/mol. The third-order valence-electron chi connectivity index (χ3n) is 5.64. The fourth-order valence-electron chi connectivity index (χ4n) is 3.90. The van der Waals surface area contributed by atoms with Crippen molar-refractivity contribution in [2.24, 2.45) is 5.16 Å². The minimum atomic E-state index is -0.120. The molecular formula is C27H35N3O2. The summed E-state index contributed by atoms with van der Waals surface area (Å²) in [6.45, 7) is 7.79. The summed E-state index contributed by atoms with van der Waals surface area (Å²) in [4.78, 5) is 20.3. The standard InChI is InChI=1S/C27H35N3O2/c1-4-5-13-21(2)28-18-12-19-32-29-22(3)20-25-26(23-14-8-6-9-15-23)30(27(25)31)24-16-10-7-11-17-24/h6-11,14-17,20-21,26,28H,4-5,12-13,18-19H2,1-3H3/b25-20+,29-22+. The minimum absolute atomic E-state index is 0.00451. The molecular weight excluding hydrogens is 398 g/mol. The summed E-state index contributed by atoms with van der Waals surface area (Å²) in [5.74, 6) is 0.00451. The van der Waals surface area contributed by atoms with Gasteiger partial charge in [-0.2, -0.15) is 0 Å². The Kier molecular flexibility index (Phi) is 9.05. The van der Waals surface area contributed by atoms with Crippen molar-refractivity contribution >= 4 is 17.3 Å². The van der Waals surface area contributed by atoms with Gasteiger partial charge in [0.2, 0.25) is 0 Å². The maximum absolute atomic E-state index is 13.0. The van der Waals surface area contributed by atoms with Gasteiger partial charge in [-0.1, -0.05) is 73.5 Å². The largest absolute Gasteiger partial charge is 0.396 e. The number of nitrogens with one attached hydrogen (secondary N) is 1. The molecule has 1 N–H and O–H groups in total. The first kappa shape index (κ1) is 23.7. The second kappa shape index (κ2) is 12.2. The van der Waals surface area contributed by atoms with Crippen molar-refractivity contribution in [1.29, 1.82) is 0 Å². The molecule has 170 valence electrons. The zero-order valence-corrected chi connectivity index (χ0v) is 19.5. The molecule has 1 heterocycles. The molecule has 2 atom stereocenters. The lowest BCUT2D eigenvalue weighted by Crippen LogP contribution is -2.49. The van der Waals surface area contributed by atoms with Crippen LogP contribution < -0.4 is 10.2 Å².